The Hall–Kier alpha value is -2.33. The number of ketones is 2. The van der Waals surface area contributed by atoms with E-state index in [1.54, 1.807) is 0 Å². The number of hydrogen-bond acceptors (Lipinski definition) is 8. The molecule has 0 aromatic carbocycles. The molecule has 0 saturated carbocycles. The number of aliphatic hydroxyl groups is 1. The summed E-state index contributed by atoms with van der Waals surface area (Å²) in [5.41, 5.74) is 2.98. The number of hydrogen-bond donors (Lipinski definition) is 4. The molecule has 0 aromatic heterocycles. The van der Waals surface area contributed by atoms with E-state index in [2.05, 4.69) is 4.74 Å². The van der Waals surface area contributed by atoms with E-state index in [1.165, 1.54) is 20.8 Å². The van der Waals surface area contributed by atoms with E-state index in [9.17, 15) is 24.0 Å². The molecule has 24 heavy (non-hydrogen) atoms. The monoisotopic (exact) mass is 349 g/mol. The van der Waals surface area contributed by atoms with Crippen LogP contribution in [0.2, 0.25) is 0 Å². The molecular formula is C14H23NO9. The van der Waals surface area contributed by atoms with Gasteiger partial charge in [0.1, 0.15) is 12.1 Å². The summed E-state index contributed by atoms with van der Waals surface area (Å²) in [5.74, 6) is -5.25. The van der Waals surface area contributed by atoms with Gasteiger partial charge >= 0.3 is 17.9 Å². The molecule has 3 atom stereocenters. The number of carbonyl (C=O) groups is 5. The fourth-order valence-corrected chi connectivity index (χ4v) is 1.20. The molecular weight excluding hydrogens is 326 g/mol. The van der Waals surface area contributed by atoms with Crippen molar-refractivity contribution in [1.29, 1.82) is 0 Å². The molecule has 0 amide bonds. The summed E-state index contributed by atoms with van der Waals surface area (Å²) in [6, 6.07) is -1.32. The lowest BCUT2D eigenvalue weighted by Crippen LogP contribution is -2.44. The predicted molar refractivity (Wildman–Crippen MR) is 80.0 cm³/mol. The molecule has 0 aliphatic heterocycles. The zero-order valence-corrected chi connectivity index (χ0v) is 13.9. The average Bonchev–Trinajstić information content (AvgIpc) is 2.51. The third-order valence-corrected chi connectivity index (χ3v) is 3.08. The smallest absolute Gasteiger partial charge is 0.374 e. The maximum Gasteiger partial charge on any atom is 0.374 e. The van der Waals surface area contributed by atoms with Crippen molar-refractivity contribution in [2.45, 2.75) is 58.3 Å². The van der Waals surface area contributed by atoms with Crippen molar-refractivity contribution in [2.75, 3.05) is 0 Å². The average molecular weight is 349 g/mol. The number of Topliss-reactive ketones (excluding diaryl/α,β-unsaturated/α-hetero) is 2. The van der Waals surface area contributed by atoms with Gasteiger partial charge in [-0.15, -0.1) is 0 Å². The summed E-state index contributed by atoms with van der Waals surface area (Å²) in [6.07, 6.45) is -1.10. The number of aliphatic carboxylic acids is 2. The lowest BCUT2D eigenvalue weighted by molar-refractivity contribution is -0.164. The first-order valence-corrected chi connectivity index (χ1v) is 7.04. The lowest BCUT2D eigenvalue weighted by Gasteiger charge is -2.16. The second-order valence-corrected chi connectivity index (χ2v) is 4.83. The van der Waals surface area contributed by atoms with Crippen LogP contribution in [0.3, 0.4) is 0 Å². The van der Waals surface area contributed by atoms with Gasteiger partial charge in [-0.2, -0.15) is 0 Å². The summed E-state index contributed by atoms with van der Waals surface area (Å²) in [4.78, 5) is 52.8. The molecule has 0 spiro atoms. The number of carboxylic acids is 2. The van der Waals surface area contributed by atoms with Gasteiger partial charge in [-0.3, -0.25) is 14.4 Å². The number of nitrogens with two attached hydrogens (primary N) is 1. The molecule has 0 saturated heterocycles. The third-order valence-electron chi connectivity index (χ3n) is 3.08. The molecule has 0 rings (SSSR count). The topological polar surface area (TPSA) is 181 Å². The van der Waals surface area contributed by atoms with Crippen LogP contribution in [0, 0.1) is 0 Å². The Labute approximate surface area is 138 Å². The van der Waals surface area contributed by atoms with Crippen LogP contribution < -0.4 is 5.73 Å². The minimum absolute atomic E-state index is 0.0217. The number of carboxylic acid groups (broad SMARTS) is 2. The maximum absolute atomic E-state index is 10.9. The van der Waals surface area contributed by atoms with Crippen LogP contribution in [-0.4, -0.2) is 62.5 Å². The summed E-state index contributed by atoms with van der Waals surface area (Å²) >= 11 is 0. The van der Waals surface area contributed by atoms with Crippen LogP contribution in [0.5, 0.6) is 0 Å². The summed E-state index contributed by atoms with van der Waals surface area (Å²) < 4.78 is 4.53. The Morgan fingerprint density at radius 2 is 1.58 bits per heavy atom. The van der Waals surface area contributed by atoms with E-state index in [0.29, 0.717) is 0 Å². The number of carbonyl (C=O) groups excluding carboxylic acids is 3. The zero-order valence-electron chi connectivity index (χ0n) is 13.9. The number of rotatable bonds is 8. The fourth-order valence-electron chi connectivity index (χ4n) is 1.20. The van der Waals surface area contributed by atoms with Crippen molar-refractivity contribution in [3.05, 3.63) is 0 Å². The van der Waals surface area contributed by atoms with E-state index >= 15 is 0 Å². The first-order valence-electron chi connectivity index (χ1n) is 7.04. The quantitative estimate of drug-likeness (QED) is 0.244. The normalized spacial score (nSPS) is 14.9. The Morgan fingerprint density at radius 3 is 1.79 bits per heavy atom. The lowest BCUT2D eigenvalue weighted by atomic mass is 9.97. The zero-order chi connectivity index (χ0) is 19.7. The SMILES string of the molecule is CCC(=O)C(=O)O[C@H](C)[C@H](N)C(=O)O.CCC(O)(C(C)=O)C(=O)O. The van der Waals surface area contributed by atoms with Crippen LogP contribution in [0.15, 0.2) is 0 Å². The Kier molecular flexibility index (Phi) is 10.4. The predicted octanol–water partition coefficient (Wildman–Crippen LogP) is -0.890. The standard InChI is InChI=1S/C8H13NO5.C6H10O4/c1-3-5(10)8(13)14-4(2)6(9)7(11)12;1-3-6(10,4(2)7)5(8)9/h4,6H,3,9H2,1-2H3,(H,11,12);10H,3H2,1-2H3,(H,8,9)/t4-,6+;/m1./s1. The van der Waals surface area contributed by atoms with E-state index in [1.807, 2.05) is 0 Å². The fraction of sp³-hybridized carbons (Fsp3) is 0.643. The first-order chi connectivity index (χ1) is 10.8. The highest BCUT2D eigenvalue weighted by molar-refractivity contribution is 6.33. The number of ether oxygens (including phenoxy) is 1. The molecule has 0 aliphatic rings. The van der Waals surface area contributed by atoms with Gasteiger partial charge in [-0.05, 0) is 20.3 Å². The van der Waals surface area contributed by atoms with Crippen molar-refractivity contribution in [1.82, 2.24) is 0 Å². The van der Waals surface area contributed by atoms with Gasteiger partial charge in [0.25, 0.3) is 0 Å². The largest absolute Gasteiger partial charge is 0.480 e. The number of esters is 1. The van der Waals surface area contributed by atoms with Crippen molar-refractivity contribution < 1.29 is 44.0 Å². The minimum atomic E-state index is -2.18. The molecule has 138 valence electrons. The molecule has 10 heteroatoms. The van der Waals surface area contributed by atoms with Crippen LogP contribution in [0.25, 0.3) is 0 Å². The van der Waals surface area contributed by atoms with Gasteiger partial charge in [0, 0.05) is 6.42 Å². The van der Waals surface area contributed by atoms with Gasteiger partial charge in [0.15, 0.2) is 5.78 Å². The van der Waals surface area contributed by atoms with Crippen molar-refractivity contribution in [3.8, 4) is 0 Å². The highest BCUT2D eigenvalue weighted by Crippen LogP contribution is 2.10. The van der Waals surface area contributed by atoms with Gasteiger partial charge in [-0.1, -0.05) is 13.8 Å². The molecule has 0 bridgehead atoms. The summed E-state index contributed by atoms with van der Waals surface area (Å²) in [6.45, 7) is 5.32. The van der Waals surface area contributed by atoms with Crippen molar-refractivity contribution in [2.24, 2.45) is 5.73 Å². The highest BCUT2D eigenvalue weighted by atomic mass is 16.5. The van der Waals surface area contributed by atoms with Gasteiger partial charge < -0.3 is 25.8 Å². The van der Waals surface area contributed by atoms with E-state index in [-0.39, 0.29) is 12.8 Å². The van der Waals surface area contributed by atoms with Crippen molar-refractivity contribution >= 4 is 29.5 Å². The first kappa shape index (κ1) is 23.9. The Balaban J connectivity index is 0. The molecule has 0 fully saturated rings. The van der Waals surface area contributed by atoms with Gasteiger partial charge in [-0.25, -0.2) is 9.59 Å². The Morgan fingerprint density at radius 1 is 1.12 bits per heavy atom. The van der Waals surface area contributed by atoms with Crippen molar-refractivity contribution in [3.63, 3.8) is 0 Å². The molecule has 0 aromatic rings. The summed E-state index contributed by atoms with van der Waals surface area (Å²) in [5, 5.41) is 25.8. The van der Waals surface area contributed by atoms with Crippen LogP contribution in [0.4, 0.5) is 0 Å². The molecule has 0 aliphatic carbocycles. The second-order valence-electron chi connectivity index (χ2n) is 4.83. The second kappa shape index (κ2) is 10.4. The molecule has 1 unspecified atom stereocenters. The molecule has 5 N–H and O–H groups in total. The molecule has 10 nitrogen and oxygen atoms in total. The molecule has 0 radical (unpaired) electrons. The maximum atomic E-state index is 10.9. The highest BCUT2D eigenvalue weighted by Gasteiger charge is 2.38. The van der Waals surface area contributed by atoms with E-state index in [4.69, 9.17) is 21.1 Å². The van der Waals surface area contributed by atoms with Crippen LogP contribution in [0.1, 0.15) is 40.5 Å². The third kappa shape index (κ3) is 7.29. The Bertz CT molecular complexity index is 486. The van der Waals surface area contributed by atoms with E-state index in [0.717, 1.165) is 6.92 Å². The minimum Gasteiger partial charge on any atom is -0.480 e. The van der Waals surface area contributed by atoms with Gasteiger partial charge in [0.05, 0.1) is 0 Å². The van der Waals surface area contributed by atoms with Crippen LogP contribution in [-0.2, 0) is 28.7 Å². The van der Waals surface area contributed by atoms with Gasteiger partial charge in [0.2, 0.25) is 11.4 Å². The summed E-state index contributed by atoms with van der Waals surface area (Å²) in [7, 11) is 0. The van der Waals surface area contributed by atoms with E-state index < -0.39 is 47.2 Å². The molecule has 0 heterocycles. The van der Waals surface area contributed by atoms with Crippen LogP contribution >= 0.6 is 0 Å².